The summed E-state index contributed by atoms with van der Waals surface area (Å²) in [6.45, 7) is 5.50. The normalized spacial score (nSPS) is 17.7. The maximum atomic E-state index is 14.0. The van der Waals surface area contributed by atoms with E-state index in [0.29, 0.717) is 18.9 Å². The van der Waals surface area contributed by atoms with E-state index in [4.69, 9.17) is 4.74 Å². The highest BCUT2D eigenvalue weighted by atomic mass is 19.3. The second-order valence-electron chi connectivity index (χ2n) is 8.31. The molecule has 1 aromatic heterocycles. The SMILES string of the molecule is COc1cc(C(C)C)ccc1C1c2ccc3[nH]ncc3c2CCN1CC(C)(F)F. The molecule has 29 heavy (non-hydrogen) atoms. The van der Waals surface area contributed by atoms with Gasteiger partial charge >= 0.3 is 0 Å². The van der Waals surface area contributed by atoms with Crippen LogP contribution in [-0.2, 0) is 6.42 Å². The molecule has 0 bridgehead atoms. The lowest BCUT2D eigenvalue weighted by Crippen LogP contribution is -2.42. The Kier molecular flexibility index (Phi) is 5.07. The number of fused-ring (bicyclic) bond motifs is 3. The predicted molar refractivity (Wildman–Crippen MR) is 111 cm³/mol. The molecule has 0 amide bonds. The van der Waals surface area contributed by atoms with Crippen LogP contribution in [0.1, 0.15) is 55.0 Å². The minimum Gasteiger partial charge on any atom is -0.496 e. The fourth-order valence-electron chi connectivity index (χ4n) is 4.41. The van der Waals surface area contributed by atoms with Gasteiger partial charge in [0.25, 0.3) is 5.92 Å². The maximum absolute atomic E-state index is 14.0. The summed E-state index contributed by atoms with van der Waals surface area (Å²) >= 11 is 0. The Morgan fingerprint density at radius 1 is 1.24 bits per heavy atom. The van der Waals surface area contributed by atoms with Gasteiger partial charge in [0, 0.05) is 24.4 Å². The third kappa shape index (κ3) is 3.73. The number of benzene rings is 2. The summed E-state index contributed by atoms with van der Waals surface area (Å²) in [6.07, 6.45) is 2.54. The lowest BCUT2D eigenvalue weighted by atomic mass is 9.85. The topological polar surface area (TPSA) is 41.1 Å². The molecule has 0 aliphatic carbocycles. The summed E-state index contributed by atoms with van der Waals surface area (Å²) in [4.78, 5) is 1.88. The molecule has 0 fully saturated rings. The van der Waals surface area contributed by atoms with Crippen LogP contribution in [0.3, 0.4) is 0 Å². The lowest BCUT2D eigenvalue weighted by molar-refractivity contribution is -0.0239. The van der Waals surface area contributed by atoms with Crippen LogP contribution in [-0.4, -0.2) is 41.2 Å². The zero-order chi connectivity index (χ0) is 20.8. The van der Waals surface area contributed by atoms with Crippen molar-refractivity contribution in [2.75, 3.05) is 20.2 Å². The number of ether oxygens (including phenoxy) is 1. The molecule has 2 aromatic carbocycles. The number of nitrogens with one attached hydrogen (secondary N) is 1. The van der Waals surface area contributed by atoms with E-state index >= 15 is 0 Å². The standard InChI is InChI=1S/C23H27F2N3O/c1-14(2)15-5-6-18(21(11-15)29-4)22-17-7-8-20-19(12-26-27-20)16(17)9-10-28(22)13-23(3,24)25/h5-8,11-12,14,22H,9-10,13H2,1-4H3,(H,26,27). The van der Waals surface area contributed by atoms with Crippen molar-refractivity contribution in [2.24, 2.45) is 0 Å². The van der Waals surface area contributed by atoms with Crippen molar-refractivity contribution in [3.63, 3.8) is 0 Å². The van der Waals surface area contributed by atoms with Crippen LogP contribution in [0.25, 0.3) is 10.9 Å². The van der Waals surface area contributed by atoms with Gasteiger partial charge in [-0.2, -0.15) is 5.10 Å². The van der Waals surface area contributed by atoms with Crippen LogP contribution in [0, 0.1) is 0 Å². The molecule has 0 spiro atoms. The third-order valence-corrected chi connectivity index (χ3v) is 5.78. The van der Waals surface area contributed by atoms with Crippen LogP contribution < -0.4 is 4.74 Å². The van der Waals surface area contributed by atoms with Gasteiger partial charge in [-0.25, -0.2) is 8.78 Å². The Balaban J connectivity index is 1.89. The van der Waals surface area contributed by atoms with Crippen LogP contribution >= 0.6 is 0 Å². The molecule has 3 aromatic rings. The van der Waals surface area contributed by atoms with Crippen LogP contribution in [0.4, 0.5) is 8.78 Å². The minimum atomic E-state index is -2.78. The number of aromatic nitrogens is 2. The number of nitrogens with zero attached hydrogens (tertiary/aromatic N) is 2. The molecule has 1 unspecified atom stereocenters. The Hall–Kier alpha value is -2.47. The van der Waals surface area contributed by atoms with Gasteiger partial charge < -0.3 is 4.74 Å². The highest BCUT2D eigenvalue weighted by Crippen LogP contribution is 2.42. The molecule has 4 nitrogen and oxygen atoms in total. The number of halogens is 2. The first-order valence-electron chi connectivity index (χ1n) is 10.0. The molecule has 1 aliphatic heterocycles. The van der Waals surface area contributed by atoms with Gasteiger partial charge in [-0.15, -0.1) is 0 Å². The molecular formula is C23H27F2N3O. The second kappa shape index (κ2) is 7.41. The van der Waals surface area contributed by atoms with E-state index in [-0.39, 0.29) is 12.6 Å². The van der Waals surface area contributed by atoms with Crippen molar-refractivity contribution < 1.29 is 13.5 Å². The average molecular weight is 399 g/mol. The molecule has 4 rings (SSSR count). The Morgan fingerprint density at radius 2 is 2.00 bits per heavy atom. The zero-order valence-corrected chi connectivity index (χ0v) is 17.3. The van der Waals surface area contributed by atoms with Gasteiger partial charge in [0.15, 0.2) is 0 Å². The van der Waals surface area contributed by atoms with E-state index in [2.05, 4.69) is 30.1 Å². The molecule has 154 valence electrons. The van der Waals surface area contributed by atoms with Crippen molar-refractivity contribution in [2.45, 2.75) is 45.1 Å². The molecule has 0 saturated carbocycles. The molecule has 0 saturated heterocycles. The first kappa shape index (κ1) is 19.8. The summed E-state index contributed by atoms with van der Waals surface area (Å²) in [7, 11) is 1.64. The monoisotopic (exact) mass is 399 g/mol. The lowest BCUT2D eigenvalue weighted by Gasteiger charge is -2.39. The smallest absolute Gasteiger partial charge is 0.257 e. The number of rotatable bonds is 5. The summed E-state index contributed by atoms with van der Waals surface area (Å²) in [5.41, 5.74) is 5.28. The Bertz CT molecular complexity index is 1020. The number of hydrogen-bond donors (Lipinski definition) is 1. The molecule has 1 N–H and O–H groups in total. The average Bonchev–Trinajstić information content (AvgIpc) is 3.15. The third-order valence-electron chi connectivity index (χ3n) is 5.78. The van der Waals surface area contributed by atoms with Gasteiger partial charge in [-0.1, -0.05) is 32.0 Å². The van der Waals surface area contributed by atoms with Crippen molar-refractivity contribution in [1.82, 2.24) is 15.1 Å². The van der Waals surface area contributed by atoms with E-state index < -0.39 is 5.92 Å². The van der Waals surface area contributed by atoms with E-state index in [9.17, 15) is 8.78 Å². The second-order valence-corrected chi connectivity index (χ2v) is 8.31. The molecule has 2 heterocycles. The number of methoxy groups -OCH3 is 1. The van der Waals surface area contributed by atoms with Gasteiger partial charge in [0.2, 0.25) is 0 Å². The van der Waals surface area contributed by atoms with Crippen LogP contribution in [0.5, 0.6) is 5.75 Å². The zero-order valence-electron chi connectivity index (χ0n) is 17.3. The van der Waals surface area contributed by atoms with Crippen LogP contribution in [0.15, 0.2) is 36.5 Å². The van der Waals surface area contributed by atoms with Crippen molar-refractivity contribution >= 4 is 10.9 Å². The molecule has 0 radical (unpaired) electrons. The summed E-state index contributed by atoms with van der Waals surface area (Å²) in [5.74, 6) is -1.68. The first-order chi connectivity index (χ1) is 13.8. The van der Waals surface area contributed by atoms with E-state index in [1.165, 1.54) is 11.1 Å². The fraction of sp³-hybridized carbons (Fsp3) is 0.435. The number of aromatic amines is 1. The van der Waals surface area contributed by atoms with Crippen molar-refractivity contribution in [1.29, 1.82) is 0 Å². The van der Waals surface area contributed by atoms with Gasteiger partial charge in [-0.05, 0) is 41.2 Å². The fourth-order valence-corrected chi connectivity index (χ4v) is 4.41. The molecular weight excluding hydrogens is 372 g/mol. The number of hydrogen-bond acceptors (Lipinski definition) is 3. The highest BCUT2D eigenvalue weighted by Gasteiger charge is 2.36. The van der Waals surface area contributed by atoms with Crippen LogP contribution in [0.2, 0.25) is 0 Å². The highest BCUT2D eigenvalue weighted by molar-refractivity contribution is 5.83. The first-order valence-corrected chi connectivity index (χ1v) is 10.0. The predicted octanol–water partition coefficient (Wildman–Crippen LogP) is 5.30. The van der Waals surface area contributed by atoms with Crippen molar-refractivity contribution in [3.8, 4) is 5.75 Å². The Labute approximate surface area is 169 Å². The molecule has 1 atom stereocenters. The minimum absolute atomic E-state index is 0.292. The molecule has 1 aliphatic rings. The summed E-state index contributed by atoms with van der Waals surface area (Å²) < 4.78 is 33.8. The van der Waals surface area contributed by atoms with E-state index in [0.717, 1.165) is 34.7 Å². The van der Waals surface area contributed by atoms with Gasteiger partial charge in [0.05, 0.1) is 31.4 Å². The molecule has 6 heteroatoms. The number of alkyl halides is 2. The van der Waals surface area contributed by atoms with E-state index in [1.807, 2.05) is 35.4 Å². The summed E-state index contributed by atoms with van der Waals surface area (Å²) in [5, 5.41) is 8.24. The summed E-state index contributed by atoms with van der Waals surface area (Å²) in [6, 6.07) is 9.88. The Morgan fingerprint density at radius 3 is 2.69 bits per heavy atom. The van der Waals surface area contributed by atoms with Gasteiger partial charge in [-0.3, -0.25) is 10.00 Å². The quantitative estimate of drug-likeness (QED) is 0.633. The van der Waals surface area contributed by atoms with Crippen molar-refractivity contribution in [3.05, 3.63) is 58.8 Å². The maximum Gasteiger partial charge on any atom is 0.257 e. The van der Waals surface area contributed by atoms with Gasteiger partial charge in [0.1, 0.15) is 5.75 Å². The van der Waals surface area contributed by atoms with E-state index in [1.54, 1.807) is 7.11 Å². The largest absolute Gasteiger partial charge is 0.496 e. The number of H-pyrrole nitrogens is 1.